The maximum absolute atomic E-state index is 11.6. The fraction of sp³-hybridized carbons (Fsp3) is 0.769. The fourth-order valence-corrected chi connectivity index (χ4v) is 2.58. The van der Waals surface area contributed by atoms with Gasteiger partial charge in [0.1, 0.15) is 5.60 Å². The molecule has 0 saturated carbocycles. The van der Waals surface area contributed by atoms with Crippen LogP contribution in [0.15, 0.2) is 0 Å². The molecule has 0 aliphatic rings. The van der Waals surface area contributed by atoms with Crippen molar-refractivity contribution in [2.24, 2.45) is 0 Å². The highest BCUT2D eigenvalue weighted by atomic mass is 32.2. The summed E-state index contributed by atoms with van der Waals surface area (Å²) in [7, 11) is 5.09. The van der Waals surface area contributed by atoms with Gasteiger partial charge >= 0.3 is 6.09 Å². The van der Waals surface area contributed by atoms with Gasteiger partial charge in [0.2, 0.25) is 0 Å². The number of carbonyl (C=O) groups excluding carboxylic acids is 3. The van der Waals surface area contributed by atoms with E-state index in [-0.39, 0.29) is 23.1 Å². The lowest BCUT2D eigenvalue weighted by Crippen LogP contribution is -2.33. The molecular formula is C13H23BN2O4S2. The number of hydrogen-bond acceptors (Lipinski definition) is 7. The predicted molar refractivity (Wildman–Crippen MR) is 92.2 cm³/mol. The second-order valence-corrected chi connectivity index (χ2v) is 7.63. The number of nitrogens with one attached hydrogen (secondary N) is 2. The quantitative estimate of drug-likeness (QED) is 0.483. The van der Waals surface area contributed by atoms with Crippen molar-refractivity contribution in [1.29, 1.82) is 0 Å². The van der Waals surface area contributed by atoms with Crippen molar-refractivity contribution in [1.82, 2.24) is 10.5 Å². The summed E-state index contributed by atoms with van der Waals surface area (Å²) in [6.07, 6.45) is -0.0693. The topological polar surface area (TPSA) is 84.5 Å². The Bertz CT molecular complexity index is 376. The van der Waals surface area contributed by atoms with Crippen LogP contribution in [-0.4, -0.2) is 54.5 Å². The monoisotopic (exact) mass is 346 g/mol. The van der Waals surface area contributed by atoms with Gasteiger partial charge in [-0.3, -0.25) is 9.59 Å². The van der Waals surface area contributed by atoms with E-state index in [9.17, 15) is 14.4 Å². The normalized spacial score (nSPS) is 11.0. The molecule has 2 radical (unpaired) electrons. The lowest BCUT2D eigenvalue weighted by molar-refractivity contribution is -0.115. The van der Waals surface area contributed by atoms with Crippen LogP contribution in [0.5, 0.6) is 0 Å². The molecule has 0 bridgehead atoms. The largest absolute Gasteiger partial charge is 0.444 e. The van der Waals surface area contributed by atoms with Crippen LogP contribution < -0.4 is 10.5 Å². The smallest absolute Gasteiger partial charge is 0.407 e. The molecule has 124 valence electrons. The molecule has 0 unspecified atom stereocenters. The lowest BCUT2D eigenvalue weighted by atomic mass is 10.2. The molecule has 9 heteroatoms. The van der Waals surface area contributed by atoms with E-state index < -0.39 is 11.7 Å². The zero-order valence-corrected chi connectivity index (χ0v) is 14.9. The summed E-state index contributed by atoms with van der Waals surface area (Å²) in [5, 5.41) is 4.95. The molecule has 0 atom stereocenters. The second kappa shape index (κ2) is 11.8. The Morgan fingerprint density at radius 1 is 1.00 bits per heavy atom. The van der Waals surface area contributed by atoms with Crippen molar-refractivity contribution >= 4 is 47.8 Å². The average molecular weight is 346 g/mol. The van der Waals surface area contributed by atoms with E-state index in [1.54, 1.807) is 20.8 Å². The Morgan fingerprint density at radius 3 is 1.95 bits per heavy atom. The first-order valence-electron chi connectivity index (χ1n) is 6.96. The van der Waals surface area contributed by atoms with Gasteiger partial charge in [-0.2, -0.15) is 0 Å². The SMILES string of the molecule is [B]NCCSC(=O)CCC(=O)SCCNC(=O)OC(C)(C)C. The second-order valence-electron chi connectivity index (χ2n) is 5.32. The average Bonchev–Trinajstić information content (AvgIpc) is 2.39. The summed E-state index contributed by atoms with van der Waals surface area (Å²) >= 11 is 2.27. The fourth-order valence-electron chi connectivity index (χ4n) is 1.20. The van der Waals surface area contributed by atoms with Crippen LogP contribution in [0.4, 0.5) is 4.79 Å². The van der Waals surface area contributed by atoms with Crippen molar-refractivity contribution in [3.63, 3.8) is 0 Å². The number of alkyl carbamates (subject to hydrolysis) is 1. The number of carbonyl (C=O) groups is 3. The van der Waals surface area contributed by atoms with E-state index in [1.165, 1.54) is 0 Å². The molecule has 0 aromatic heterocycles. The zero-order chi connectivity index (χ0) is 17.0. The summed E-state index contributed by atoms with van der Waals surface area (Å²) < 4.78 is 5.06. The summed E-state index contributed by atoms with van der Waals surface area (Å²) in [4.78, 5) is 34.4. The summed E-state index contributed by atoms with van der Waals surface area (Å²) in [5.41, 5.74) is -0.537. The van der Waals surface area contributed by atoms with Crippen molar-refractivity contribution in [3.05, 3.63) is 0 Å². The van der Waals surface area contributed by atoms with Crippen molar-refractivity contribution in [2.75, 3.05) is 24.6 Å². The van der Waals surface area contributed by atoms with E-state index in [2.05, 4.69) is 10.5 Å². The van der Waals surface area contributed by atoms with Crippen molar-refractivity contribution in [3.8, 4) is 0 Å². The van der Waals surface area contributed by atoms with E-state index in [1.807, 2.05) is 0 Å². The van der Waals surface area contributed by atoms with Gasteiger partial charge in [0.25, 0.3) is 0 Å². The van der Waals surface area contributed by atoms with Gasteiger partial charge in [0.15, 0.2) is 18.2 Å². The van der Waals surface area contributed by atoms with E-state index in [0.717, 1.165) is 23.5 Å². The first-order valence-corrected chi connectivity index (χ1v) is 8.93. The lowest BCUT2D eigenvalue weighted by Gasteiger charge is -2.19. The number of rotatable bonds is 9. The Kier molecular flexibility index (Phi) is 11.5. The van der Waals surface area contributed by atoms with Gasteiger partial charge < -0.3 is 15.3 Å². The number of hydrogen-bond donors (Lipinski definition) is 2. The molecule has 0 aromatic rings. The maximum Gasteiger partial charge on any atom is 0.407 e. The highest BCUT2D eigenvalue weighted by Gasteiger charge is 2.15. The van der Waals surface area contributed by atoms with Gasteiger partial charge in [-0.05, 0) is 27.3 Å². The highest BCUT2D eigenvalue weighted by molar-refractivity contribution is 8.14. The van der Waals surface area contributed by atoms with Gasteiger partial charge in [-0.15, -0.1) is 0 Å². The maximum atomic E-state index is 11.6. The van der Waals surface area contributed by atoms with E-state index >= 15 is 0 Å². The van der Waals surface area contributed by atoms with E-state index in [4.69, 9.17) is 12.7 Å². The molecule has 0 fully saturated rings. The Balaban J connectivity index is 3.61. The number of ether oxygens (including phenoxy) is 1. The van der Waals surface area contributed by atoms with Crippen molar-refractivity contribution in [2.45, 2.75) is 39.2 Å². The number of thioether (sulfide) groups is 2. The third-order valence-corrected chi connectivity index (χ3v) is 3.94. The molecule has 22 heavy (non-hydrogen) atoms. The molecule has 0 aliphatic carbocycles. The highest BCUT2D eigenvalue weighted by Crippen LogP contribution is 2.12. The minimum Gasteiger partial charge on any atom is -0.444 e. The minimum atomic E-state index is -0.537. The first-order chi connectivity index (χ1) is 10.2. The summed E-state index contributed by atoms with van der Waals surface area (Å²) in [6.45, 7) is 6.24. The van der Waals surface area contributed by atoms with Gasteiger partial charge in [0, 0.05) is 30.9 Å². The van der Waals surface area contributed by atoms with Crippen LogP contribution in [0, 0.1) is 0 Å². The molecule has 0 aliphatic heterocycles. The molecule has 2 N–H and O–H groups in total. The molecule has 0 saturated heterocycles. The Labute approximate surface area is 141 Å². The van der Waals surface area contributed by atoms with Crippen molar-refractivity contribution < 1.29 is 19.1 Å². The third-order valence-electron chi connectivity index (χ3n) is 2.08. The van der Waals surface area contributed by atoms with Gasteiger partial charge in [-0.1, -0.05) is 23.5 Å². The minimum absolute atomic E-state index is 0.0175. The molecular weight excluding hydrogens is 323 g/mol. The van der Waals surface area contributed by atoms with Crippen LogP contribution in [0.3, 0.4) is 0 Å². The van der Waals surface area contributed by atoms with E-state index in [0.29, 0.717) is 24.6 Å². The van der Waals surface area contributed by atoms with Crippen LogP contribution in [0.2, 0.25) is 0 Å². The first kappa shape index (κ1) is 21.3. The standard InChI is InChI=1S/C13H23BN2O4S2/c1-13(2,3)20-12(19)15-6-8-21-10(17)4-5-11(18)22-9-7-16-14/h16H,4-9H2,1-3H3,(H,15,19). The molecule has 6 nitrogen and oxygen atoms in total. The number of amides is 1. The zero-order valence-electron chi connectivity index (χ0n) is 13.3. The predicted octanol–water partition coefficient (Wildman–Crippen LogP) is 1.48. The molecule has 0 aromatic carbocycles. The van der Waals surface area contributed by atoms with Crippen LogP contribution >= 0.6 is 23.5 Å². The molecule has 0 heterocycles. The van der Waals surface area contributed by atoms with Crippen LogP contribution in [-0.2, 0) is 14.3 Å². The van der Waals surface area contributed by atoms with Gasteiger partial charge in [0.05, 0.1) is 0 Å². The van der Waals surface area contributed by atoms with Crippen LogP contribution in [0.25, 0.3) is 0 Å². The molecule has 0 spiro atoms. The molecule has 1 amide bonds. The summed E-state index contributed by atoms with van der Waals surface area (Å²) in [5.74, 6) is 1.05. The Morgan fingerprint density at radius 2 is 1.50 bits per heavy atom. The molecule has 0 rings (SSSR count). The third kappa shape index (κ3) is 14.3. The van der Waals surface area contributed by atoms with Gasteiger partial charge in [-0.25, -0.2) is 4.79 Å². The Hall–Kier alpha value is -0.665. The van der Waals surface area contributed by atoms with Crippen LogP contribution in [0.1, 0.15) is 33.6 Å². The summed E-state index contributed by atoms with van der Waals surface area (Å²) in [6, 6.07) is 0.